The van der Waals surface area contributed by atoms with Crippen LogP contribution in [0.1, 0.15) is 39.8 Å². The Kier molecular flexibility index (Phi) is 7.12. The van der Waals surface area contributed by atoms with Gasteiger partial charge in [-0.3, -0.25) is 19.3 Å². The third kappa shape index (κ3) is 5.11. The molecule has 0 spiro atoms. The van der Waals surface area contributed by atoms with E-state index in [1.165, 1.54) is 12.1 Å². The Hall–Kier alpha value is -4.11. The molecule has 0 bridgehead atoms. The van der Waals surface area contributed by atoms with Crippen molar-refractivity contribution in [2.75, 3.05) is 11.9 Å². The van der Waals surface area contributed by atoms with E-state index in [2.05, 4.69) is 5.32 Å². The Morgan fingerprint density at radius 3 is 2.31 bits per heavy atom. The summed E-state index contributed by atoms with van der Waals surface area (Å²) in [4.78, 5) is 50.3. The Bertz CT molecular complexity index is 1390. The highest BCUT2D eigenvalue weighted by molar-refractivity contribution is 8.18. The van der Waals surface area contributed by atoms with E-state index < -0.39 is 23.0 Å². The van der Waals surface area contributed by atoms with E-state index >= 15 is 0 Å². The van der Waals surface area contributed by atoms with Crippen molar-refractivity contribution in [3.8, 4) is 5.69 Å². The van der Waals surface area contributed by atoms with Gasteiger partial charge in [0.1, 0.15) is 6.54 Å². The fraction of sp³-hybridized carbons (Fsp3) is 0.185. The first-order valence-electron chi connectivity index (χ1n) is 11.3. The van der Waals surface area contributed by atoms with Gasteiger partial charge in [0.25, 0.3) is 11.1 Å². The number of aromatic nitrogens is 1. The molecular formula is C27H25N3O5S. The minimum absolute atomic E-state index is 0.192. The van der Waals surface area contributed by atoms with Crippen LogP contribution in [0.5, 0.6) is 0 Å². The standard InChI is InChI=1S/C27H25N3O5S/c1-4-18-5-9-21(10-6-18)28-24(31)15-29-25(32)23(36-27(29)35)14-20-13-16(2)30(17(20)3)22-11-7-19(8-12-22)26(33)34/h5-14H,4,15H2,1-3H3,(H,28,31)(H,33,34)/b23-14+. The predicted molar refractivity (Wildman–Crippen MR) is 139 cm³/mol. The van der Waals surface area contributed by atoms with E-state index in [1.807, 2.05) is 43.5 Å². The number of carboxylic acids is 1. The Balaban J connectivity index is 1.50. The highest BCUT2D eigenvalue weighted by Crippen LogP contribution is 2.33. The van der Waals surface area contributed by atoms with Gasteiger partial charge >= 0.3 is 5.97 Å². The maximum absolute atomic E-state index is 12.9. The lowest BCUT2D eigenvalue weighted by Gasteiger charge is -2.12. The van der Waals surface area contributed by atoms with E-state index in [9.17, 15) is 19.2 Å². The van der Waals surface area contributed by atoms with E-state index in [0.717, 1.165) is 51.3 Å². The zero-order chi connectivity index (χ0) is 26.0. The monoisotopic (exact) mass is 503 g/mol. The molecule has 2 heterocycles. The number of hydrogen-bond donors (Lipinski definition) is 2. The van der Waals surface area contributed by atoms with Crippen molar-refractivity contribution in [1.29, 1.82) is 0 Å². The first-order valence-corrected chi connectivity index (χ1v) is 12.2. The number of carbonyl (C=O) groups excluding carboxylic acids is 3. The van der Waals surface area contributed by atoms with Crippen molar-refractivity contribution in [1.82, 2.24) is 9.47 Å². The van der Waals surface area contributed by atoms with Gasteiger partial charge in [0.2, 0.25) is 5.91 Å². The molecule has 1 aliphatic heterocycles. The lowest BCUT2D eigenvalue weighted by atomic mass is 10.1. The molecule has 2 aromatic carbocycles. The van der Waals surface area contributed by atoms with Gasteiger partial charge in [0.05, 0.1) is 10.5 Å². The summed E-state index contributed by atoms with van der Waals surface area (Å²) in [6, 6.07) is 15.8. The first-order chi connectivity index (χ1) is 17.2. The van der Waals surface area contributed by atoms with Gasteiger partial charge in [-0.25, -0.2) is 4.79 Å². The van der Waals surface area contributed by atoms with Gasteiger partial charge in [-0.1, -0.05) is 19.1 Å². The zero-order valence-electron chi connectivity index (χ0n) is 20.1. The van der Waals surface area contributed by atoms with E-state index in [-0.39, 0.29) is 17.0 Å². The topological polar surface area (TPSA) is 109 Å². The normalized spacial score (nSPS) is 14.5. The average molecular weight is 504 g/mol. The number of aryl methyl sites for hydroxylation is 2. The molecule has 184 valence electrons. The molecule has 0 unspecified atom stereocenters. The Labute approximate surface area is 212 Å². The number of carboxylic acid groups (broad SMARTS) is 1. The lowest BCUT2D eigenvalue weighted by Crippen LogP contribution is -2.36. The molecule has 3 aromatic rings. The van der Waals surface area contributed by atoms with E-state index in [0.29, 0.717) is 5.69 Å². The number of aromatic carboxylic acids is 1. The average Bonchev–Trinajstić information content (AvgIpc) is 3.28. The maximum atomic E-state index is 12.9. The predicted octanol–water partition coefficient (Wildman–Crippen LogP) is 5.03. The summed E-state index contributed by atoms with van der Waals surface area (Å²) in [6.45, 7) is 5.45. The number of carbonyl (C=O) groups is 4. The number of anilines is 1. The van der Waals surface area contributed by atoms with Crippen LogP contribution < -0.4 is 5.32 Å². The molecule has 0 aliphatic carbocycles. The molecular weight excluding hydrogens is 478 g/mol. The highest BCUT2D eigenvalue weighted by Gasteiger charge is 2.36. The molecule has 1 aromatic heterocycles. The second-order valence-electron chi connectivity index (χ2n) is 8.38. The molecule has 4 rings (SSSR count). The fourth-order valence-electron chi connectivity index (χ4n) is 4.03. The minimum Gasteiger partial charge on any atom is -0.478 e. The van der Waals surface area contributed by atoms with Crippen molar-refractivity contribution in [3.05, 3.63) is 87.6 Å². The lowest BCUT2D eigenvalue weighted by molar-refractivity contribution is -0.127. The molecule has 2 N–H and O–H groups in total. The fourth-order valence-corrected chi connectivity index (χ4v) is 4.86. The SMILES string of the molecule is CCc1ccc(NC(=O)CN2C(=O)S/C(=C/c3cc(C)n(-c4ccc(C(=O)O)cc4)c3C)C2=O)cc1. The summed E-state index contributed by atoms with van der Waals surface area (Å²) >= 11 is 0.799. The van der Waals surface area contributed by atoms with Crippen molar-refractivity contribution in [2.45, 2.75) is 27.2 Å². The van der Waals surface area contributed by atoms with Gasteiger partial charge in [-0.05, 0) is 91.7 Å². The summed E-state index contributed by atoms with van der Waals surface area (Å²) in [7, 11) is 0. The molecule has 0 radical (unpaired) electrons. The zero-order valence-corrected chi connectivity index (χ0v) is 20.9. The smallest absolute Gasteiger partial charge is 0.335 e. The summed E-state index contributed by atoms with van der Waals surface area (Å²) in [5.74, 6) is -1.97. The number of nitrogens with zero attached hydrogens (tertiary/aromatic N) is 2. The van der Waals surface area contributed by atoms with Gasteiger partial charge in [-0.2, -0.15) is 0 Å². The molecule has 1 saturated heterocycles. The number of thioether (sulfide) groups is 1. The third-order valence-electron chi connectivity index (χ3n) is 5.95. The van der Waals surface area contributed by atoms with Crippen LogP contribution >= 0.6 is 11.8 Å². The van der Waals surface area contributed by atoms with Crippen LogP contribution in [0, 0.1) is 13.8 Å². The number of hydrogen-bond acceptors (Lipinski definition) is 5. The molecule has 1 aliphatic rings. The largest absolute Gasteiger partial charge is 0.478 e. The quantitative estimate of drug-likeness (QED) is 0.438. The number of imide groups is 1. The molecule has 36 heavy (non-hydrogen) atoms. The van der Waals surface area contributed by atoms with Crippen LogP contribution in [0.3, 0.4) is 0 Å². The van der Waals surface area contributed by atoms with Gasteiger partial charge < -0.3 is 15.0 Å². The summed E-state index contributed by atoms with van der Waals surface area (Å²) in [5.41, 5.74) is 5.18. The highest BCUT2D eigenvalue weighted by atomic mass is 32.2. The number of amides is 3. The number of nitrogens with one attached hydrogen (secondary N) is 1. The molecule has 3 amide bonds. The van der Waals surface area contributed by atoms with E-state index in [1.54, 1.807) is 30.3 Å². The van der Waals surface area contributed by atoms with Crippen molar-refractivity contribution < 1.29 is 24.3 Å². The maximum Gasteiger partial charge on any atom is 0.335 e. The van der Waals surface area contributed by atoms with Crippen LogP contribution in [0.4, 0.5) is 10.5 Å². The van der Waals surface area contributed by atoms with Gasteiger partial charge in [0.15, 0.2) is 0 Å². The number of benzene rings is 2. The summed E-state index contributed by atoms with van der Waals surface area (Å²) in [6.07, 6.45) is 2.54. The molecule has 0 atom stereocenters. The van der Waals surface area contributed by atoms with Crippen LogP contribution in [0.15, 0.2) is 59.5 Å². The van der Waals surface area contributed by atoms with Crippen LogP contribution in [-0.4, -0.2) is 44.1 Å². The van der Waals surface area contributed by atoms with Gasteiger partial charge in [-0.15, -0.1) is 0 Å². The summed E-state index contributed by atoms with van der Waals surface area (Å²) < 4.78 is 1.94. The van der Waals surface area contributed by atoms with Crippen molar-refractivity contribution >= 4 is 46.5 Å². The second kappa shape index (κ2) is 10.2. The van der Waals surface area contributed by atoms with E-state index in [4.69, 9.17) is 5.11 Å². The second-order valence-corrected chi connectivity index (χ2v) is 9.37. The minimum atomic E-state index is -0.998. The first kappa shape index (κ1) is 25.0. The Morgan fingerprint density at radius 1 is 1.03 bits per heavy atom. The molecule has 8 nitrogen and oxygen atoms in total. The Morgan fingerprint density at radius 2 is 1.69 bits per heavy atom. The van der Waals surface area contributed by atoms with Crippen LogP contribution in [0.2, 0.25) is 0 Å². The van der Waals surface area contributed by atoms with Crippen molar-refractivity contribution in [3.63, 3.8) is 0 Å². The van der Waals surface area contributed by atoms with Crippen LogP contribution in [0.25, 0.3) is 11.8 Å². The van der Waals surface area contributed by atoms with Gasteiger partial charge in [0, 0.05) is 22.8 Å². The third-order valence-corrected chi connectivity index (χ3v) is 6.86. The van der Waals surface area contributed by atoms with Crippen LogP contribution in [-0.2, 0) is 16.0 Å². The number of rotatable bonds is 7. The molecule has 9 heteroatoms. The molecule has 1 fully saturated rings. The summed E-state index contributed by atoms with van der Waals surface area (Å²) in [5, 5.41) is 11.4. The molecule has 0 saturated carbocycles. The van der Waals surface area contributed by atoms with Crippen molar-refractivity contribution in [2.24, 2.45) is 0 Å².